The average Bonchev–Trinajstić information content (AvgIpc) is 2.48. The molecule has 1 unspecified atom stereocenters. The van der Waals surface area contributed by atoms with Crippen molar-refractivity contribution in [3.05, 3.63) is 58.6 Å². The van der Waals surface area contributed by atoms with Gasteiger partial charge in [0.25, 0.3) is 0 Å². The Hall–Kier alpha value is -1.12. The van der Waals surface area contributed by atoms with Gasteiger partial charge in [0.2, 0.25) is 0 Å². The summed E-state index contributed by atoms with van der Waals surface area (Å²) in [5.74, 6) is 1.67. The van der Waals surface area contributed by atoms with Crippen LogP contribution >= 0.6 is 23.4 Å². The van der Waals surface area contributed by atoms with Crippen molar-refractivity contribution in [1.82, 2.24) is 0 Å². The van der Waals surface area contributed by atoms with Gasteiger partial charge in [-0.3, -0.25) is 0 Å². The summed E-state index contributed by atoms with van der Waals surface area (Å²) < 4.78 is 0. The zero-order chi connectivity index (χ0) is 14.8. The van der Waals surface area contributed by atoms with Crippen molar-refractivity contribution in [2.24, 2.45) is 0 Å². The first-order valence-corrected chi connectivity index (χ1v) is 8.79. The van der Waals surface area contributed by atoms with E-state index >= 15 is 0 Å². The highest BCUT2D eigenvalue weighted by molar-refractivity contribution is 7.99. The van der Waals surface area contributed by atoms with Gasteiger partial charge in [-0.1, -0.05) is 43.6 Å². The lowest BCUT2D eigenvalue weighted by molar-refractivity contribution is 0.724. The number of para-hydroxylation sites is 1. The summed E-state index contributed by atoms with van der Waals surface area (Å²) in [6, 6.07) is 15.2. The van der Waals surface area contributed by atoms with E-state index in [0.29, 0.717) is 12.0 Å². The summed E-state index contributed by atoms with van der Waals surface area (Å²) in [5.41, 5.74) is 3.95. The summed E-state index contributed by atoms with van der Waals surface area (Å²) >= 11 is 8.11. The first kappa shape index (κ1) is 14.8. The molecular weight excluding hydrogens is 298 g/mol. The Labute approximate surface area is 136 Å². The molecule has 0 saturated heterocycles. The molecule has 1 aliphatic heterocycles. The van der Waals surface area contributed by atoms with Crippen molar-refractivity contribution in [3.63, 3.8) is 0 Å². The van der Waals surface area contributed by atoms with E-state index in [0.717, 1.165) is 17.2 Å². The van der Waals surface area contributed by atoms with Crippen molar-refractivity contribution >= 4 is 29.1 Å². The second-order valence-corrected chi connectivity index (χ2v) is 7.33. The lowest BCUT2D eigenvalue weighted by Gasteiger charge is -2.28. The molecule has 0 fully saturated rings. The number of nitrogens with one attached hydrogen (secondary N) is 1. The fraction of sp³-hybridized carbons (Fsp3) is 0.333. The zero-order valence-electron chi connectivity index (χ0n) is 12.4. The van der Waals surface area contributed by atoms with E-state index in [1.165, 1.54) is 21.7 Å². The molecule has 2 aromatic carbocycles. The molecule has 0 amide bonds. The van der Waals surface area contributed by atoms with E-state index in [1.54, 1.807) is 0 Å². The highest BCUT2D eigenvalue weighted by Crippen LogP contribution is 2.40. The van der Waals surface area contributed by atoms with E-state index in [-0.39, 0.29) is 0 Å². The van der Waals surface area contributed by atoms with Gasteiger partial charge in [0.15, 0.2) is 0 Å². The van der Waals surface area contributed by atoms with Crippen LogP contribution < -0.4 is 5.32 Å². The SMILES string of the molecule is CC(C)c1ccccc1NC1CCSc2ccc(Cl)cc21. The monoisotopic (exact) mass is 317 g/mol. The minimum atomic E-state index is 0.347. The quantitative estimate of drug-likeness (QED) is 0.732. The van der Waals surface area contributed by atoms with Crippen LogP contribution in [0.15, 0.2) is 47.4 Å². The minimum Gasteiger partial charge on any atom is -0.378 e. The van der Waals surface area contributed by atoms with Crippen LogP contribution in [0.3, 0.4) is 0 Å². The summed E-state index contributed by atoms with van der Waals surface area (Å²) in [6.45, 7) is 4.48. The Bertz CT molecular complexity index is 639. The molecule has 21 heavy (non-hydrogen) atoms. The number of benzene rings is 2. The number of hydrogen-bond donors (Lipinski definition) is 1. The van der Waals surface area contributed by atoms with Gasteiger partial charge >= 0.3 is 0 Å². The van der Waals surface area contributed by atoms with Crippen molar-refractivity contribution in [2.75, 3.05) is 11.1 Å². The molecule has 0 aliphatic carbocycles. The Morgan fingerprint density at radius 2 is 2.00 bits per heavy atom. The number of hydrogen-bond acceptors (Lipinski definition) is 2. The topological polar surface area (TPSA) is 12.0 Å². The number of fused-ring (bicyclic) bond motifs is 1. The smallest absolute Gasteiger partial charge is 0.0533 e. The molecule has 1 aliphatic rings. The Morgan fingerprint density at radius 3 is 2.81 bits per heavy atom. The van der Waals surface area contributed by atoms with Gasteiger partial charge in [-0.25, -0.2) is 0 Å². The third-order valence-electron chi connectivity index (χ3n) is 3.92. The van der Waals surface area contributed by atoms with Crippen LogP contribution in [-0.4, -0.2) is 5.75 Å². The van der Waals surface area contributed by atoms with Crippen LogP contribution in [0.25, 0.3) is 0 Å². The Kier molecular flexibility index (Phi) is 4.46. The number of rotatable bonds is 3. The van der Waals surface area contributed by atoms with Crippen LogP contribution in [0.2, 0.25) is 5.02 Å². The molecule has 1 N–H and O–H groups in total. The number of anilines is 1. The van der Waals surface area contributed by atoms with E-state index in [9.17, 15) is 0 Å². The fourth-order valence-electron chi connectivity index (χ4n) is 2.83. The maximum Gasteiger partial charge on any atom is 0.0533 e. The summed E-state index contributed by atoms with van der Waals surface area (Å²) in [5, 5.41) is 4.56. The molecular formula is C18H20ClNS. The largest absolute Gasteiger partial charge is 0.378 e. The minimum absolute atomic E-state index is 0.347. The lowest BCUT2D eigenvalue weighted by atomic mass is 9.98. The van der Waals surface area contributed by atoms with E-state index < -0.39 is 0 Å². The van der Waals surface area contributed by atoms with E-state index in [2.05, 4.69) is 55.6 Å². The van der Waals surface area contributed by atoms with Crippen LogP contribution in [0.4, 0.5) is 5.69 Å². The number of halogens is 1. The van der Waals surface area contributed by atoms with Gasteiger partial charge in [-0.15, -0.1) is 11.8 Å². The van der Waals surface area contributed by atoms with E-state index in [1.807, 2.05) is 17.8 Å². The third kappa shape index (κ3) is 3.22. The highest BCUT2D eigenvalue weighted by Gasteiger charge is 2.21. The fourth-order valence-corrected chi connectivity index (χ4v) is 4.12. The molecule has 0 saturated carbocycles. The number of thioether (sulfide) groups is 1. The lowest BCUT2D eigenvalue weighted by Crippen LogP contribution is -2.17. The van der Waals surface area contributed by atoms with Gasteiger partial charge in [-0.05, 0) is 47.7 Å². The van der Waals surface area contributed by atoms with Crippen LogP contribution in [0, 0.1) is 0 Å². The van der Waals surface area contributed by atoms with Gasteiger partial charge in [0.1, 0.15) is 0 Å². The van der Waals surface area contributed by atoms with Crippen molar-refractivity contribution in [1.29, 1.82) is 0 Å². The van der Waals surface area contributed by atoms with Crippen molar-refractivity contribution in [3.8, 4) is 0 Å². The molecule has 3 rings (SSSR count). The molecule has 3 heteroatoms. The summed E-state index contributed by atoms with van der Waals surface area (Å²) in [7, 11) is 0. The molecule has 0 spiro atoms. The Balaban J connectivity index is 1.92. The van der Waals surface area contributed by atoms with Gasteiger partial charge < -0.3 is 5.32 Å². The summed E-state index contributed by atoms with van der Waals surface area (Å²) in [4.78, 5) is 1.35. The normalized spacial score (nSPS) is 17.6. The first-order valence-electron chi connectivity index (χ1n) is 7.43. The molecule has 0 radical (unpaired) electrons. The second kappa shape index (κ2) is 6.33. The maximum atomic E-state index is 6.19. The second-order valence-electron chi connectivity index (χ2n) is 5.76. The molecule has 110 valence electrons. The standard InChI is InChI=1S/C18H20ClNS/c1-12(2)14-5-3-4-6-16(14)20-17-9-10-21-18-8-7-13(19)11-15(17)18/h3-8,11-12,17,20H,9-10H2,1-2H3. The first-order chi connectivity index (χ1) is 10.1. The van der Waals surface area contributed by atoms with Gasteiger partial charge in [0, 0.05) is 21.4 Å². The van der Waals surface area contributed by atoms with Crippen LogP contribution in [-0.2, 0) is 0 Å². The van der Waals surface area contributed by atoms with Crippen molar-refractivity contribution < 1.29 is 0 Å². The molecule has 1 nitrogen and oxygen atoms in total. The summed E-state index contributed by atoms with van der Waals surface area (Å²) in [6.07, 6.45) is 1.13. The molecule has 1 heterocycles. The molecule has 0 bridgehead atoms. The van der Waals surface area contributed by atoms with Gasteiger partial charge in [-0.2, -0.15) is 0 Å². The molecule has 2 aromatic rings. The zero-order valence-corrected chi connectivity index (χ0v) is 14.0. The van der Waals surface area contributed by atoms with Crippen LogP contribution in [0.5, 0.6) is 0 Å². The molecule has 1 atom stereocenters. The predicted molar refractivity (Wildman–Crippen MR) is 93.7 cm³/mol. The van der Waals surface area contributed by atoms with Crippen molar-refractivity contribution in [2.45, 2.75) is 37.1 Å². The maximum absolute atomic E-state index is 6.19. The predicted octanol–water partition coefficient (Wildman–Crippen LogP) is 6.11. The Morgan fingerprint density at radius 1 is 1.19 bits per heavy atom. The average molecular weight is 318 g/mol. The van der Waals surface area contributed by atoms with Gasteiger partial charge in [0.05, 0.1) is 6.04 Å². The molecule has 0 aromatic heterocycles. The van der Waals surface area contributed by atoms with E-state index in [4.69, 9.17) is 11.6 Å². The highest BCUT2D eigenvalue weighted by atomic mass is 35.5. The van der Waals surface area contributed by atoms with Crippen LogP contribution in [0.1, 0.15) is 43.4 Å². The third-order valence-corrected chi connectivity index (χ3v) is 5.28.